The average molecular weight is 125 g/mol. The fourth-order valence-electron chi connectivity index (χ4n) is 0.158. The van der Waals surface area contributed by atoms with Gasteiger partial charge in [0.2, 0.25) is 0 Å². The van der Waals surface area contributed by atoms with Crippen LogP contribution in [0.5, 0.6) is 0 Å². The summed E-state index contributed by atoms with van der Waals surface area (Å²) in [4.78, 5) is 10.0. The molecule has 0 radical (unpaired) electrons. The molecule has 0 aromatic rings. The Morgan fingerprint density at radius 2 is 2.14 bits per heavy atom. The molecule has 1 amide bonds. The van der Waals surface area contributed by atoms with Crippen molar-refractivity contribution in [3.63, 3.8) is 0 Å². The van der Waals surface area contributed by atoms with Crippen LogP contribution < -0.4 is 51.4 Å². The molecular weight excluding hydrogens is 117 g/mol. The van der Waals surface area contributed by atoms with Gasteiger partial charge in [0.1, 0.15) is 0 Å². The van der Waals surface area contributed by atoms with Gasteiger partial charge in [-0.2, -0.15) is 0 Å². The van der Waals surface area contributed by atoms with Crippen molar-refractivity contribution < 1.29 is 56.2 Å². The summed E-state index contributed by atoms with van der Waals surface area (Å²) in [5.74, 6) is -0.0324. The van der Waals surface area contributed by atoms with Crippen LogP contribution in [0.25, 0.3) is 5.32 Å². The number of hydrogen-bond acceptors (Lipinski definition) is 1. The zero-order valence-electron chi connectivity index (χ0n) is 5.06. The molecule has 0 aromatic heterocycles. The number of carbonyl (C=O) groups is 1. The number of amides is 1. The molecule has 7 heavy (non-hydrogen) atoms. The first kappa shape index (κ1) is 11.0. The van der Waals surface area contributed by atoms with Crippen molar-refractivity contribution in [1.29, 1.82) is 0 Å². The van der Waals surface area contributed by atoms with E-state index in [-0.39, 0.29) is 57.3 Å². The van der Waals surface area contributed by atoms with Gasteiger partial charge in [-0.15, -0.1) is 7.05 Å². The smallest absolute Gasteiger partial charge is 0.656 e. The van der Waals surface area contributed by atoms with Crippen molar-refractivity contribution >= 4 is 5.91 Å². The number of hydrogen-bond donors (Lipinski definition) is 0. The first-order valence-corrected chi connectivity index (χ1v) is 1.94. The molecule has 0 rings (SSSR count). The average Bonchev–Trinajstić information content (AvgIpc) is 1.65. The van der Waals surface area contributed by atoms with E-state index in [4.69, 9.17) is 0 Å². The Kier molecular flexibility index (Phi) is 11.1. The van der Waals surface area contributed by atoms with Gasteiger partial charge in [-0.05, 0) is 6.42 Å². The Balaban J connectivity index is 0. The third-order valence-electron chi connectivity index (χ3n) is 0.552. The number of carbonyl (C=O) groups excluding carboxylic acids is 1. The topological polar surface area (TPSA) is 31.2 Å². The van der Waals surface area contributed by atoms with E-state index in [1.807, 2.05) is 0 Å². The molecule has 0 aliphatic rings. The molecule has 3 heteroatoms. The molecule has 0 spiro atoms. The summed E-state index contributed by atoms with van der Waals surface area (Å²) in [6.45, 7) is 1.79. The SMILES string of the molecule is CCC(=O)[N-]C.[K+]. The molecule has 0 aromatic carbocycles. The molecule has 0 aliphatic carbocycles. The summed E-state index contributed by atoms with van der Waals surface area (Å²) in [5.41, 5.74) is 0. The van der Waals surface area contributed by atoms with Gasteiger partial charge in [0.25, 0.3) is 0 Å². The molecule has 0 atom stereocenters. The predicted molar refractivity (Wildman–Crippen MR) is 24.6 cm³/mol. The summed E-state index contributed by atoms with van der Waals surface area (Å²) in [6.07, 6.45) is 0.524. The Morgan fingerprint density at radius 3 is 2.14 bits per heavy atom. The van der Waals surface area contributed by atoms with Crippen molar-refractivity contribution in [1.82, 2.24) is 0 Å². The largest absolute Gasteiger partial charge is 1.00 e. The molecule has 0 saturated heterocycles. The molecule has 0 bridgehead atoms. The van der Waals surface area contributed by atoms with E-state index in [0.717, 1.165) is 0 Å². The molecule has 0 unspecified atom stereocenters. The second kappa shape index (κ2) is 7.11. The quantitative estimate of drug-likeness (QED) is 0.370. The summed E-state index contributed by atoms with van der Waals surface area (Å²) in [5, 5.41) is 3.37. The predicted octanol–water partition coefficient (Wildman–Crippen LogP) is -2.07. The van der Waals surface area contributed by atoms with Gasteiger partial charge in [-0.1, -0.05) is 6.92 Å². The van der Waals surface area contributed by atoms with Crippen molar-refractivity contribution in [2.75, 3.05) is 7.05 Å². The minimum atomic E-state index is -0.0324. The van der Waals surface area contributed by atoms with Crippen LogP contribution in [0.15, 0.2) is 0 Å². The van der Waals surface area contributed by atoms with Crippen LogP contribution in [-0.2, 0) is 4.79 Å². The van der Waals surface area contributed by atoms with Gasteiger partial charge in [-0.25, -0.2) is 0 Å². The van der Waals surface area contributed by atoms with Gasteiger partial charge in [0, 0.05) is 0 Å². The van der Waals surface area contributed by atoms with Crippen molar-refractivity contribution in [2.24, 2.45) is 0 Å². The maximum atomic E-state index is 10.0. The van der Waals surface area contributed by atoms with E-state index in [1.165, 1.54) is 7.05 Å². The molecule has 0 N–H and O–H groups in total. The third-order valence-corrected chi connectivity index (χ3v) is 0.552. The van der Waals surface area contributed by atoms with Crippen LogP contribution in [-0.4, -0.2) is 13.0 Å². The van der Waals surface area contributed by atoms with E-state index in [1.54, 1.807) is 6.92 Å². The fourth-order valence-corrected chi connectivity index (χ4v) is 0.158. The molecular formula is C4H8KNO. The van der Waals surface area contributed by atoms with Gasteiger partial charge >= 0.3 is 51.4 Å². The first-order chi connectivity index (χ1) is 2.81. The van der Waals surface area contributed by atoms with E-state index in [0.29, 0.717) is 6.42 Å². The Labute approximate surface area is 86.5 Å². The minimum Gasteiger partial charge on any atom is -0.656 e. The fraction of sp³-hybridized carbons (Fsp3) is 0.750. The Hall–Kier alpha value is 1.11. The van der Waals surface area contributed by atoms with E-state index >= 15 is 0 Å². The van der Waals surface area contributed by atoms with E-state index in [9.17, 15) is 4.79 Å². The molecule has 0 fully saturated rings. The Bertz CT molecular complexity index is 49.7. The van der Waals surface area contributed by atoms with Gasteiger partial charge < -0.3 is 10.1 Å². The van der Waals surface area contributed by atoms with Gasteiger partial charge in [0.15, 0.2) is 0 Å². The van der Waals surface area contributed by atoms with E-state index in [2.05, 4.69) is 5.32 Å². The zero-order valence-corrected chi connectivity index (χ0v) is 8.19. The molecule has 0 heterocycles. The molecule has 0 aliphatic heterocycles. The maximum absolute atomic E-state index is 10.0. The van der Waals surface area contributed by atoms with Crippen LogP contribution in [0.1, 0.15) is 13.3 Å². The Morgan fingerprint density at radius 1 is 1.71 bits per heavy atom. The first-order valence-electron chi connectivity index (χ1n) is 1.94. The number of rotatable bonds is 1. The summed E-state index contributed by atoms with van der Waals surface area (Å²) in [6, 6.07) is 0. The van der Waals surface area contributed by atoms with Crippen molar-refractivity contribution in [3.8, 4) is 0 Å². The normalized spacial score (nSPS) is 6.57. The monoisotopic (exact) mass is 125 g/mol. The third kappa shape index (κ3) is 7.11. The second-order valence-electron chi connectivity index (χ2n) is 0.971. The zero-order chi connectivity index (χ0) is 4.99. The standard InChI is InChI=1S/C4H9NO.K/c1-3-4(6)5-2;/h3H2,1-2H3,(H,5,6);/q;+1/p-1. The van der Waals surface area contributed by atoms with Crippen LogP contribution in [0.2, 0.25) is 0 Å². The molecule has 2 nitrogen and oxygen atoms in total. The second-order valence-corrected chi connectivity index (χ2v) is 0.971. The summed E-state index contributed by atoms with van der Waals surface area (Å²) in [7, 11) is 1.51. The van der Waals surface area contributed by atoms with Crippen LogP contribution in [0.4, 0.5) is 0 Å². The van der Waals surface area contributed by atoms with Crippen molar-refractivity contribution in [2.45, 2.75) is 13.3 Å². The summed E-state index contributed by atoms with van der Waals surface area (Å²) < 4.78 is 0. The van der Waals surface area contributed by atoms with Crippen LogP contribution in [0.3, 0.4) is 0 Å². The maximum Gasteiger partial charge on any atom is 1.00 e. The number of nitrogens with zero attached hydrogens (tertiary/aromatic N) is 1. The van der Waals surface area contributed by atoms with E-state index < -0.39 is 0 Å². The van der Waals surface area contributed by atoms with Crippen LogP contribution in [0, 0.1) is 0 Å². The summed E-state index contributed by atoms with van der Waals surface area (Å²) >= 11 is 0. The molecule has 0 saturated carbocycles. The molecule has 36 valence electrons. The van der Waals surface area contributed by atoms with Crippen molar-refractivity contribution in [3.05, 3.63) is 5.32 Å². The minimum absolute atomic E-state index is 0. The van der Waals surface area contributed by atoms with Gasteiger partial charge in [0.05, 0.1) is 5.91 Å². The van der Waals surface area contributed by atoms with Crippen LogP contribution >= 0.6 is 0 Å². The van der Waals surface area contributed by atoms with Gasteiger partial charge in [-0.3, -0.25) is 0 Å².